The fraction of sp³-hybridized carbons (Fsp3) is 0.0714. The van der Waals surface area contributed by atoms with Crippen LogP contribution in [-0.2, 0) is 0 Å². The molecule has 0 spiro atoms. The van der Waals surface area contributed by atoms with E-state index in [1.54, 1.807) is 24.8 Å². The Morgan fingerprint density at radius 1 is 0.944 bits per heavy atom. The number of aliphatic hydroxyl groups excluding tert-OH is 1. The first-order valence-electron chi connectivity index (χ1n) is 5.62. The van der Waals surface area contributed by atoms with Crippen LogP contribution < -0.4 is 0 Å². The maximum absolute atomic E-state index is 10.4. The predicted molar refractivity (Wildman–Crippen MR) is 67.8 cm³/mol. The zero-order chi connectivity index (χ0) is 12.4. The van der Waals surface area contributed by atoms with Crippen LogP contribution in [0.5, 0.6) is 0 Å². The van der Waals surface area contributed by atoms with Crippen molar-refractivity contribution in [3.63, 3.8) is 0 Å². The second kappa shape index (κ2) is 4.50. The van der Waals surface area contributed by atoms with Crippen molar-refractivity contribution in [3.8, 4) is 0 Å². The van der Waals surface area contributed by atoms with Crippen LogP contribution in [0, 0.1) is 0 Å². The Morgan fingerprint density at radius 3 is 2.61 bits per heavy atom. The fourth-order valence-electron chi connectivity index (χ4n) is 2.01. The molecule has 0 bridgehead atoms. The van der Waals surface area contributed by atoms with Gasteiger partial charge in [0.15, 0.2) is 0 Å². The molecule has 3 rings (SSSR count). The smallest absolute Gasteiger partial charge is 0.115 e. The normalized spacial score (nSPS) is 12.5. The van der Waals surface area contributed by atoms with Crippen LogP contribution in [0.3, 0.4) is 0 Å². The van der Waals surface area contributed by atoms with Crippen LogP contribution in [0.25, 0.3) is 10.8 Å². The maximum atomic E-state index is 10.4. The molecule has 2 aromatic heterocycles. The molecular formula is C14H11N3O. The molecule has 2 heterocycles. The van der Waals surface area contributed by atoms with Gasteiger partial charge in [-0.15, -0.1) is 0 Å². The van der Waals surface area contributed by atoms with Gasteiger partial charge in [-0.25, -0.2) is 9.97 Å². The molecule has 4 heteroatoms. The minimum Gasteiger partial charge on any atom is -0.384 e. The summed E-state index contributed by atoms with van der Waals surface area (Å²) < 4.78 is 0. The standard InChI is InChI=1S/C14H11N3O/c18-14(11-6-16-9-17-7-11)12-3-1-2-10-4-5-15-8-13(10)12/h1-9,14,18H. The first-order chi connectivity index (χ1) is 8.86. The number of aliphatic hydroxyl groups is 1. The molecule has 0 aliphatic rings. The summed E-state index contributed by atoms with van der Waals surface area (Å²) in [6.45, 7) is 0. The highest BCUT2D eigenvalue weighted by molar-refractivity contribution is 5.85. The van der Waals surface area contributed by atoms with Gasteiger partial charge in [-0.2, -0.15) is 0 Å². The molecule has 0 saturated carbocycles. The number of benzene rings is 1. The second-order valence-electron chi connectivity index (χ2n) is 4.02. The summed E-state index contributed by atoms with van der Waals surface area (Å²) in [5.41, 5.74) is 1.49. The molecule has 0 aliphatic heterocycles. The lowest BCUT2D eigenvalue weighted by molar-refractivity contribution is 0.221. The molecule has 1 unspecified atom stereocenters. The summed E-state index contributed by atoms with van der Waals surface area (Å²) in [5.74, 6) is 0. The van der Waals surface area contributed by atoms with E-state index in [-0.39, 0.29) is 0 Å². The molecule has 0 aliphatic carbocycles. The van der Waals surface area contributed by atoms with Crippen molar-refractivity contribution in [1.29, 1.82) is 0 Å². The minimum atomic E-state index is -0.737. The highest BCUT2D eigenvalue weighted by atomic mass is 16.3. The molecule has 1 aromatic carbocycles. The lowest BCUT2D eigenvalue weighted by Gasteiger charge is -2.12. The summed E-state index contributed by atoms with van der Waals surface area (Å²) in [5, 5.41) is 12.4. The van der Waals surface area contributed by atoms with E-state index in [1.807, 2.05) is 24.3 Å². The van der Waals surface area contributed by atoms with Gasteiger partial charge in [-0.3, -0.25) is 4.98 Å². The van der Waals surface area contributed by atoms with Gasteiger partial charge in [-0.05, 0) is 17.0 Å². The van der Waals surface area contributed by atoms with Gasteiger partial charge in [0.25, 0.3) is 0 Å². The molecule has 4 nitrogen and oxygen atoms in total. The van der Waals surface area contributed by atoms with E-state index in [0.717, 1.165) is 16.3 Å². The van der Waals surface area contributed by atoms with E-state index in [0.29, 0.717) is 5.56 Å². The van der Waals surface area contributed by atoms with Crippen LogP contribution in [0.2, 0.25) is 0 Å². The van der Waals surface area contributed by atoms with E-state index in [9.17, 15) is 5.11 Å². The summed E-state index contributed by atoms with van der Waals surface area (Å²) in [6.07, 6.45) is 7.45. The van der Waals surface area contributed by atoms with Crippen LogP contribution in [0.15, 0.2) is 55.4 Å². The molecule has 0 radical (unpaired) electrons. The molecule has 3 aromatic rings. The van der Waals surface area contributed by atoms with Crippen molar-refractivity contribution in [3.05, 3.63) is 66.5 Å². The third-order valence-electron chi connectivity index (χ3n) is 2.91. The fourth-order valence-corrected chi connectivity index (χ4v) is 2.01. The summed E-state index contributed by atoms with van der Waals surface area (Å²) >= 11 is 0. The van der Waals surface area contributed by atoms with E-state index in [1.165, 1.54) is 6.33 Å². The second-order valence-corrected chi connectivity index (χ2v) is 4.02. The Morgan fingerprint density at radius 2 is 1.78 bits per heavy atom. The Balaban J connectivity index is 2.15. The van der Waals surface area contributed by atoms with Gasteiger partial charge in [-0.1, -0.05) is 18.2 Å². The highest BCUT2D eigenvalue weighted by Crippen LogP contribution is 2.27. The average molecular weight is 237 g/mol. The van der Waals surface area contributed by atoms with Crippen LogP contribution in [0.1, 0.15) is 17.2 Å². The highest BCUT2D eigenvalue weighted by Gasteiger charge is 2.13. The summed E-state index contributed by atoms with van der Waals surface area (Å²) in [7, 11) is 0. The number of nitrogens with zero attached hydrogens (tertiary/aromatic N) is 3. The molecule has 0 saturated heterocycles. The Bertz CT molecular complexity index is 665. The summed E-state index contributed by atoms with van der Waals surface area (Å²) in [4.78, 5) is 12.0. The lowest BCUT2D eigenvalue weighted by atomic mass is 9.99. The van der Waals surface area contributed by atoms with Crippen molar-refractivity contribution in [2.75, 3.05) is 0 Å². The molecule has 88 valence electrons. The number of pyridine rings is 1. The number of rotatable bonds is 2. The number of hydrogen-bond donors (Lipinski definition) is 1. The van der Waals surface area contributed by atoms with Gasteiger partial charge >= 0.3 is 0 Å². The minimum absolute atomic E-state index is 0.675. The van der Waals surface area contributed by atoms with Crippen molar-refractivity contribution in [1.82, 2.24) is 15.0 Å². The third-order valence-corrected chi connectivity index (χ3v) is 2.91. The SMILES string of the molecule is OC(c1cncnc1)c1cccc2ccncc12. The van der Waals surface area contributed by atoms with Crippen LogP contribution >= 0.6 is 0 Å². The Labute approximate surface area is 104 Å². The van der Waals surface area contributed by atoms with Crippen molar-refractivity contribution in [2.45, 2.75) is 6.10 Å². The van der Waals surface area contributed by atoms with Gasteiger partial charge < -0.3 is 5.11 Å². The zero-order valence-corrected chi connectivity index (χ0v) is 9.56. The lowest BCUT2D eigenvalue weighted by Crippen LogP contribution is -2.01. The molecule has 0 fully saturated rings. The maximum Gasteiger partial charge on any atom is 0.115 e. The van der Waals surface area contributed by atoms with E-state index < -0.39 is 6.10 Å². The van der Waals surface area contributed by atoms with Gasteiger partial charge in [0, 0.05) is 35.7 Å². The first-order valence-corrected chi connectivity index (χ1v) is 5.62. The molecule has 0 amide bonds. The quantitative estimate of drug-likeness (QED) is 0.741. The van der Waals surface area contributed by atoms with Gasteiger partial charge in [0.1, 0.15) is 12.4 Å². The molecule has 18 heavy (non-hydrogen) atoms. The number of hydrogen-bond acceptors (Lipinski definition) is 4. The Hall–Kier alpha value is -2.33. The van der Waals surface area contributed by atoms with Crippen LogP contribution in [-0.4, -0.2) is 20.1 Å². The topological polar surface area (TPSA) is 58.9 Å². The third kappa shape index (κ3) is 1.83. The monoisotopic (exact) mass is 237 g/mol. The molecule has 1 atom stereocenters. The van der Waals surface area contributed by atoms with Gasteiger partial charge in [0.2, 0.25) is 0 Å². The Kier molecular flexibility index (Phi) is 2.70. The van der Waals surface area contributed by atoms with E-state index in [2.05, 4.69) is 15.0 Å². The van der Waals surface area contributed by atoms with E-state index >= 15 is 0 Å². The predicted octanol–water partition coefficient (Wildman–Crippen LogP) is 2.11. The van der Waals surface area contributed by atoms with Crippen LogP contribution in [0.4, 0.5) is 0 Å². The number of aromatic nitrogens is 3. The largest absolute Gasteiger partial charge is 0.384 e. The van der Waals surface area contributed by atoms with E-state index in [4.69, 9.17) is 0 Å². The molecular weight excluding hydrogens is 226 g/mol. The van der Waals surface area contributed by atoms with Crippen molar-refractivity contribution < 1.29 is 5.11 Å². The molecule has 1 N–H and O–H groups in total. The first kappa shape index (κ1) is 10.8. The van der Waals surface area contributed by atoms with Crippen molar-refractivity contribution >= 4 is 10.8 Å². The van der Waals surface area contributed by atoms with Crippen molar-refractivity contribution in [2.24, 2.45) is 0 Å². The average Bonchev–Trinajstić information content (AvgIpc) is 2.47. The van der Waals surface area contributed by atoms with Gasteiger partial charge in [0.05, 0.1) is 0 Å². The zero-order valence-electron chi connectivity index (χ0n) is 9.56. The number of fused-ring (bicyclic) bond motifs is 1. The summed E-state index contributed by atoms with van der Waals surface area (Å²) in [6, 6.07) is 7.73.